The Balaban J connectivity index is 2.98. The van der Waals surface area contributed by atoms with Crippen molar-refractivity contribution in [3.05, 3.63) is 34.1 Å². The zero-order valence-corrected chi connectivity index (χ0v) is 9.94. The second-order valence-electron chi connectivity index (χ2n) is 3.27. The van der Waals surface area contributed by atoms with Crippen LogP contribution in [0.25, 0.3) is 0 Å². The van der Waals surface area contributed by atoms with E-state index in [1.165, 1.54) is 6.07 Å². The zero-order chi connectivity index (χ0) is 12.8. The van der Waals surface area contributed by atoms with Crippen molar-refractivity contribution >= 4 is 17.6 Å². The van der Waals surface area contributed by atoms with E-state index in [-0.39, 0.29) is 16.1 Å². The first kappa shape index (κ1) is 13.5. The van der Waals surface area contributed by atoms with Gasteiger partial charge < -0.3 is 10.4 Å². The average molecular weight is 256 g/mol. The molecule has 0 aromatic heterocycles. The summed E-state index contributed by atoms with van der Waals surface area (Å²) in [5.41, 5.74) is -0.152. The number of carboxylic acid groups (broad SMARTS) is 1. The highest BCUT2D eigenvalue weighted by atomic mass is 35.5. The van der Waals surface area contributed by atoms with Gasteiger partial charge in [-0.25, -0.2) is 9.18 Å². The first-order valence-electron chi connectivity index (χ1n) is 4.92. The molecule has 0 atom stereocenters. The van der Waals surface area contributed by atoms with Gasteiger partial charge in [-0.1, -0.05) is 23.4 Å². The van der Waals surface area contributed by atoms with E-state index in [1.54, 1.807) is 7.05 Å². The van der Waals surface area contributed by atoms with Crippen LogP contribution in [0.1, 0.15) is 22.3 Å². The maximum atomic E-state index is 13.5. The van der Waals surface area contributed by atoms with Gasteiger partial charge in [0, 0.05) is 13.0 Å². The molecule has 0 aliphatic heterocycles. The number of nitrogens with one attached hydrogen (secondary N) is 1. The first-order chi connectivity index (χ1) is 8.06. The summed E-state index contributed by atoms with van der Waals surface area (Å²) in [6.45, 7) is 0.704. The topological polar surface area (TPSA) is 49.3 Å². The van der Waals surface area contributed by atoms with E-state index in [9.17, 15) is 9.18 Å². The largest absolute Gasteiger partial charge is 0.478 e. The predicted octanol–water partition coefficient (Wildman–Crippen LogP) is 2.14. The fourth-order valence-corrected chi connectivity index (χ4v) is 1.40. The van der Waals surface area contributed by atoms with E-state index in [1.807, 2.05) is 0 Å². The number of carboxylic acids is 1. The highest BCUT2D eigenvalue weighted by molar-refractivity contribution is 6.33. The van der Waals surface area contributed by atoms with Crippen LogP contribution in [0.2, 0.25) is 5.02 Å². The van der Waals surface area contributed by atoms with E-state index in [4.69, 9.17) is 16.7 Å². The lowest BCUT2D eigenvalue weighted by molar-refractivity contribution is 0.0696. The second-order valence-corrected chi connectivity index (χ2v) is 3.68. The summed E-state index contributed by atoms with van der Waals surface area (Å²) in [6.07, 6.45) is 0.578. The molecule has 0 radical (unpaired) electrons. The number of hydrogen-bond acceptors (Lipinski definition) is 2. The van der Waals surface area contributed by atoms with Gasteiger partial charge in [-0.3, -0.25) is 0 Å². The van der Waals surface area contributed by atoms with Crippen molar-refractivity contribution in [3.8, 4) is 11.8 Å². The number of carbonyl (C=O) groups is 1. The quantitative estimate of drug-likeness (QED) is 0.643. The van der Waals surface area contributed by atoms with Crippen LogP contribution in [-0.2, 0) is 0 Å². The van der Waals surface area contributed by atoms with Crippen LogP contribution in [0.5, 0.6) is 0 Å². The third-order valence-corrected chi connectivity index (χ3v) is 2.32. The molecule has 0 amide bonds. The standard InChI is InChI=1S/C12H11ClFNO2/c1-15-5-3-2-4-8-6-10(13)9(12(16)17)7-11(8)14/h6-7,15H,3,5H2,1H3,(H,16,17). The van der Waals surface area contributed by atoms with Gasteiger partial charge in [-0.05, 0) is 19.2 Å². The molecule has 0 aliphatic rings. The zero-order valence-electron chi connectivity index (χ0n) is 9.18. The summed E-state index contributed by atoms with van der Waals surface area (Å²) < 4.78 is 13.5. The number of benzene rings is 1. The molecule has 0 heterocycles. The summed E-state index contributed by atoms with van der Waals surface area (Å²) in [7, 11) is 1.79. The summed E-state index contributed by atoms with van der Waals surface area (Å²) >= 11 is 5.71. The Morgan fingerprint density at radius 3 is 2.88 bits per heavy atom. The molecule has 0 unspecified atom stereocenters. The van der Waals surface area contributed by atoms with Gasteiger partial charge in [0.05, 0.1) is 16.1 Å². The second kappa shape index (κ2) is 6.24. The maximum Gasteiger partial charge on any atom is 0.337 e. The number of halogens is 2. The average Bonchev–Trinajstić information content (AvgIpc) is 2.28. The van der Waals surface area contributed by atoms with Crippen LogP contribution in [0, 0.1) is 17.7 Å². The molecule has 0 saturated heterocycles. The van der Waals surface area contributed by atoms with Crippen LogP contribution < -0.4 is 5.32 Å². The summed E-state index contributed by atoms with van der Waals surface area (Å²) in [5, 5.41) is 11.6. The molecular weight excluding hydrogens is 245 g/mol. The fraction of sp³-hybridized carbons (Fsp3) is 0.250. The summed E-state index contributed by atoms with van der Waals surface area (Å²) in [5.74, 6) is 3.44. The lowest BCUT2D eigenvalue weighted by Gasteiger charge is -2.00. The van der Waals surface area contributed by atoms with Crippen molar-refractivity contribution in [2.24, 2.45) is 0 Å². The van der Waals surface area contributed by atoms with Gasteiger partial charge in [0.1, 0.15) is 5.82 Å². The summed E-state index contributed by atoms with van der Waals surface area (Å²) in [6, 6.07) is 2.11. The van der Waals surface area contributed by atoms with E-state index in [0.717, 1.165) is 6.07 Å². The predicted molar refractivity (Wildman–Crippen MR) is 63.8 cm³/mol. The number of rotatable bonds is 3. The molecular formula is C12H11ClFNO2. The van der Waals surface area contributed by atoms with E-state index >= 15 is 0 Å². The highest BCUT2D eigenvalue weighted by Crippen LogP contribution is 2.20. The van der Waals surface area contributed by atoms with Crippen molar-refractivity contribution in [3.63, 3.8) is 0 Å². The SMILES string of the molecule is CNCCC#Cc1cc(Cl)c(C(=O)O)cc1F. The van der Waals surface area contributed by atoms with Gasteiger partial charge in [-0.2, -0.15) is 0 Å². The maximum absolute atomic E-state index is 13.5. The normalized spacial score (nSPS) is 9.59. The minimum Gasteiger partial charge on any atom is -0.478 e. The van der Waals surface area contributed by atoms with Crippen molar-refractivity contribution in [1.29, 1.82) is 0 Å². The first-order valence-corrected chi connectivity index (χ1v) is 5.30. The molecule has 5 heteroatoms. The lowest BCUT2D eigenvalue weighted by Crippen LogP contribution is -2.06. The van der Waals surface area contributed by atoms with E-state index < -0.39 is 11.8 Å². The Labute approximate surface area is 104 Å². The lowest BCUT2D eigenvalue weighted by atomic mass is 10.1. The van der Waals surface area contributed by atoms with Gasteiger partial charge in [-0.15, -0.1) is 0 Å². The Morgan fingerprint density at radius 2 is 2.29 bits per heavy atom. The molecule has 1 aromatic rings. The van der Waals surface area contributed by atoms with Gasteiger partial charge in [0.25, 0.3) is 0 Å². The Morgan fingerprint density at radius 1 is 1.59 bits per heavy atom. The molecule has 17 heavy (non-hydrogen) atoms. The molecule has 0 fully saturated rings. The van der Waals surface area contributed by atoms with Gasteiger partial charge in [0.2, 0.25) is 0 Å². The van der Waals surface area contributed by atoms with Gasteiger partial charge in [0.15, 0.2) is 0 Å². The molecule has 90 valence electrons. The molecule has 2 N–H and O–H groups in total. The number of aromatic carboxylic acids is 1. The third kappa shape index (κ3) is 3.74. The van der Waals surface area contributed by atoms with Crippen molar-refractivity contribution in [2.75, 3.05) is 13.6 Å². The van der Waals surface area contributed by atoms with Crippen LogP contribution in [0.4, 0.5) is 4.39 Å². The van der Waals surface area contributed by atoms with Crippen molar-refractivity contribution in [1.82, 2.24) is 5.32 Å². The van der Waals surface area contributed by atoms with Crippen LogP contribution >= 0.6 is 11.6 Å². The molecule has 0 aliphatic carbocycles. The highest BCUT2D eigenvalue weighted by Gasteiger charge is 2.12. The molecule has 0 bridgehead atoms. The molecule has 1 rings (SSSR count). The fourth-order valence-electron chi connectivity index (χ4n) is 1.15. The number of hydrogen-bond donors (Lipinski definition) is 2. The molecule has 1 aromatic carbocycles. The molecule has 0 saturated carbocycles. The van der Waals surface area contributed by atoms with Crippen molar-refractivity contribution in [2.45, 2.75) is 6.42 Å². The van der Waals surface area contributed by atoms with E-state index in [2.05, 4.69) is 17.2 Å². The van der Waals surface area contributed by atoms with Crippen molar-refractivity contribution < 1.29 is 14.3 Å². The van der Waals surface area contributed by atoms with E-state index in [0.29, 0.717) is 13.0 Å². The summed E-state index contributed by atoms with van der Waals surface area (Å²) in [4.78, 5) is 10.7. The smallest absolute Gasteiger partial charge is 0.337 e. The Kier molecular flexibility index (Phi) is 4.95. The minimum atomic E-state index is -1.26. The van der Waals surface area contributed by atoms with Gasteiger partial charge >= 0.3 is 5.97 Å². The minimum absolute atomic E-state index is 0.0168. The van der Waals surface area contributed by atoms with Crippen LogP contribution in [0.15, 0.2) is 12.1 Å². The third-order valence-electron chi connectivity index (χ3n) is 2.01. The van der Waals surface area contributed by atoms with Crippen LogP contribution in [-0.4, -0.2) is 24.7 Å². The molecule has 3 nitrogen and oxygen atoms in total. The Hall–Kier alpha value is -1.57. The molecule has 0 spiro atoms. The monoisotopic (exact) mass is 255 g/mol. The van der Waals surface area contributed by atoms with Crippen LogP contribution in [0.3, 0.4) is 0 Å². The Bertz CT molecular complexity index is 491.